The van der Waals surface area contributed by atoms with Crippen LogP contribution >= 0.6 is 0 Å². The van der Waals surface area contributed by atoms with Crippen molar-refractivity contribution in [3.63, 3.8) is 0 Å². The predicted octanol–water partition coefficient (Wildman–Crippen LogP) is 3.59. The molecule has 0 saturated carbocycles. The number of fused-ring (bicyclic) bond motifs is 3. The highest BCUT2D eigenvalue weighted by Crippen LogP contribution is 2.37. The van der Waals surface area contributed by atoms with Gasteiger partial charge in [0.15, 0.2) is 0 Å². The molecule has 3 rings (SSSR count). The van der Waals surface area contributed by atoms with Crippen molar-refractivity contribution in [1.29, 1.82) is 0 Å². The van der Waals surface area contributed by atoms with Crippen molar-refractivity contribution in [3.05, 3.63) is 53.1 Å². The summed E-state index contributed by atoms with van der Waals surface area (Å²) >= 11 is 0. The highest BCUT2D eigenvalue weighted by Gasteiger charge is 2.22. The Morgan fingerprint density at radius 3 is 2.71 bits per heavy atom. The third-order valence-corrected chi connectivity index (χ3v) is 4.75. The lowest BCUT2D eigenvalue weighted by Crippen LogP contribution is -2.08. The summed E-state index contributed by atoms with van der Waals surface area (Å²) < 4.78 is 12.2. The van der Waals surface area contributed by atoms with E-state index in [1.807, 2.05) is 12.1 Å². The van der Waals surface area contributed by atoms with Crippen LogP contribution in [0, 0.1) is 13.8 Å². The minimum absolute atomic E-state index is 0.651. The van der Waals surface area contributed by atoms with Gasteiger partial charge < -0.3 is 0 Å². The largest absolute Gasteiger partial charge is 0.254 e. The van der Waals surface area contributed by atoms with E-state index in [2.05, 4.69) is 38.1 Å². The second-order valence-corrected chi connectivity index (χ2v) is 6.01. The molecule has 1 nitrogen and oxygen atoms in total. The number of aryl methyl sites for hydroxylation is 2. The molecule has 0 aliphatic carbocycles. The summed E-state index contributed by atoms with van der Waals surface area (Å²) in [5.74, 6) is 0.651. The van der Waals surface area contributed by atoms with E-state index in [1.165, 1.54) is 22.3 Å². The van der Waals surface area contributed by atoms with Crippen LogP contribution in [0.1, 0.15) is 16.7 Å². The Bertz CT molecular complexity index is 629. The minimum atomic E-state index is -0.895. The zero-order chi connectivity index (χ0) is 12.0. The van der Waals surface area contributed by atoms with Gasteiger partial charge in [-0.05, 0) is 42.2 Å². The van der Waals surface area contributed by atoms with E-state index in [1.54, 1.807) is 0 Å². The highest BCUT2D eigenvalue weighted by molar-refractivity contribution is 7.84. The predicted molar refractivity (Wildman–Crippen MR) is 71.5 cm³/mol. The van der Waals surface area contributed by atoms with E-state index in [0.29, 0.717) is 5.75 Å². The normalized spacial score (nSPS) is 17.4. The molecule has 0 N–H and O–H groups in total. The zero-order valence-corrected chi connectivity index (χ0v) is 10.8. The summed E-state index contributed by atoms with van der Waals surface area (Å²) in [5, 5.41) is 0. The van der Waals surface area contributed by atoms with Crippen LogP contribution in [0.2, 0.25) is 0 Å². The molecule has 0 saturated heterocycles. The van der Waals surface area contributed by atoms with Gasteiger partial charge in [-0.3, -0.25) is 4.21 Å². The molecule has 0 radical (unpaired) electrons. The molecule has 17 heavy (non-hydrogen) atoms. The molecule has 0 fully saturated rings. The monoisotopic (exact) mass is 242 g/mol. The van der Waals surface area contributed by atoms with Crippen LogP contribution in [0.15, 0.2) is 41.3 Å². The lowest BCUT2D eigenvalue weighted by Gasteiger charge is -2.21. The average Bonchev–Trinajstić information content (AvgIpc) is 2.31. The third kappa shape index (κ3) is 1.64. The maximum Gasteiger partial charge on any atom is 0.0580 e. The zero-order valence-electron chi connectivity index (χ0n) is 9.99. The van der Waals surface area contributed by atoms with E-state index in [0.717, 1.165) is 10.5 Å². The quantitative estimate of drug-likeness (QED) is 0.690. The van der Waals surface area contributed by atoms with Gasteiger partial charge in [-0.15, -0.1) is 0 Å². The fourth-order valence-corrected chi connectivity index (χ4v) is 3.84. The van der Waals surface area contributed by atoms with Gasteiger partial charge in [0.1, 0.15) is 0 Å². The van der Waals surface area contributed by atoms with Crippen LogP contribution in [0.4, 0.5) is 0 Å². The van der Waals surface area contributed by atoms with Gasteiger partial charge in [-0.2, -0.15) is 0 Å². The van der Waals surface area contributed by atoms with E-state index in [4.69, 9.17) is 0 Å². The lowest BCUT2D eigenvalue weighted by atomic mass is 9.95. The van der Waals surface area contributed by atoms with E-state index in [9.17, 15) is 4.21 Å². The van der Waals surface area contributed by atoms with Gasteiger partial charge in [0.05, 0.1) is 16.6 Å². The first kappa shape index (κ1) is 10.7. The van der Waals surface area contributed by atoms with Crippen LogP contribution in [-0.2, 0) is 16.6 Å². The average molecular weight is 242 g/mol. The Balaban J connectivity index is 2.36. The summed E-state index contributed by atoms with van der Waals surface area (Å²) in [4.78, 5) is 0.980. The van der Waals surface area contributed by atoms with Crippen molar-refractivity contribution in [2.45, 2.75) is 24.5 Å². The molecule has 1 heterocycles. The van der Waals surface area contributed by atoms with Crippen molar-refractivity contribution in [2.24, 2.45) is 0 Å². The Labute approximate surface area is 104 Å². The summed E-state index contributed by atoms with van der Waals surface area (Å²) in [5.41, 5.74) is 6.10. The molecule has 0 aromatic heterocycles. The van der Waals surface area contributed by atoms with Gasteiger partial charge in [0, 0.05) is 4.90 Å². The first-order chi connectivity index (χ1) is 8.16. The van der Waals surface area contributed by atoms with Crippen LogP contribution in [-0.4, -0.2) is 4.21 Å². The maximum absolute atomic E-state index is 12.2. The minimum Gasteiger partial charge on any atom is -0.254 e. The van der Waals surface area contributed by atoms with Gasteiger partial charge in [-0.25, -0.2) is 0 Å². The second-order valence-electron chi connectivity index (χ2n) is 4.59. The molecule has 2 heteroatoms. The van der Waals surface area contributed by atoms with E-state index >= 15 is 0 Å². The molecule has 1 aliphatic rings. The molecule has 2 aromatic rings. The smallest absolute Gasteiger partial charge is 0.0580 e. The Kier molecular flexibility index (Phi) is 2.40. The molecule has 0 spiro atoms. The molecule has 2 aromatic carbocycles. The highest BCUT2D eigenvalue weighted by atomic mass is 32.2. The molecule has 0 amide bonds. The summed E-state index contributed by atoms with van der Waals surface area (Å²) in [6.45, 7) is 4.17. The number of hydrogen-bond acceptors (Lipinski definition) is 1. The summed E-state index contributed by atoms with van der Waals surface area (Å²) in [6.07, 6.45) is 0. The van der Waals surface area contributed by atoms with Crippen LogP contribution in [0.5, 0.6) is 0 Å². The molecule has 1 unspecified atom stereocenters. The number of rotatable bonds is 0. The standard InChI is InChI=1S/C15H14OS/c1-10-6-7-15-13(8-10)12-5-3-4-11(2)14(12)9-17(15)16/h3-8H,9H2,1-2H3. The van der Waals surface area contributed by atoms with Crippen LogP contribution in [0.3, 0.4) is 0 Å². The van der Waals surface area contributed by atoms with Gasteiger partial charge in [0.25, 0.3) is 0 Å². The summed E-state index contributed by atoms with van der Waals surface area (Å²) in [7, 11) is -0.895. The van der Waals surface area contributed by atoms with Crippen molar-refractivity contribution in [3.8, 4) is 11.1 Å². The molecular formula is C15H14OS. The first-order valence-corrected chi connectivity index (χ1v) is 7.06. The fourth-order valence-electron chi connectivity index (χ4n) is 2.41. The first-order valence-electron chi connectivity index (χ1n) is 5.75. The SMILES string of the molecule is Cc1ccc2c(c1)-c1cccc(C)c1CS2=O. The van der Waals surface area contributed by atoms with Gasteiger partial charge in [-0.1, -0.05) is 35.9 Å². The third-order valence-electron chi connectivity index (χ3n) is 3.36. The second kappa shape index (κ2) is 3.81. The van der Waals surface area contributed by atoms with Crippen LogP contribution < -0.4 is 0 Å². The van der Waals surface area contributed by atoms with E-state index in [-0.39, 0.29) is 0 Å². The topological polar surface area (TPSA) is 17.1 Å². The van der Waals surface area contributed by atoms with Crippen molar-refractivity contribution >= 4 is 10.8 Å². The van der Waals surface area contributed by atoms with Crippen molar-refractivity contribution in [1.82, 2.24) is 0 Å². The number of hydrogen-bond donors (Lipinski definition) is 0. The van der Waals surface area contributed by atoms with Crippen LogP contribution in [0.25, 0.3) is 11.1 Å². The maximum atomic E-state index is 12.2. The Morgan fingerprint density at radius 1 is 1.06 bits per heavy atom. The molecule has 86 valence electrons. The fraction of sp³-hybridized carbons (Fsp3) is 0.200. The van der Waals surface area contributed by atoms with Gasteiger partial charge in [0.2, 0.25) is 0 Å². The molecule has 1 atom stereocenters. The van der Waals surface area contributed by atoms with E-state index < -0.39 is 10.8 Å². The van der Waals surface area contributed by atoms with Gasteiger partial charge >= 0.3 is 0 Å². The Hall–Kier alpha value is -1.41. The Morgan fingerprint density at radius 2 is 1.88 bits per heavy atom. The summed E-state index contributed by atoms with van der Waals surface area (Å²) in [6, 6.07) is 12.5. The molecule has 0 bridgehead atoms. The van der Waals surface area contributed by atoms with Crippen molar-refractivity contribution < 1.29 is 4.21 Å². The molecule has 1 aliphatic heterocycles. The lowest BCUT2D eigenvalue weighted by molar-refractivity contribution is 0.682. The molecular weight excluding hydrogens is 228 g/mol. The van der Waals surface area contributed by atoms with Crippen molar-refractivity contribution in [2.75, 3.05) is 0 Å². The number of benzene rings is 2.